The van der Waals surface area contributed by atoms with Crippen molar-refractivity contribution in [2.24, 2.45) is 0 Å². The fraction of sp³-hybridized carbons (Fsp3) is 0.263. The Bertz CT molecular complexity index is 821. The second-order valence-corrected chi connectivity index (χ2v) is 6.13. The molecule has 0 saturated carbocycles. The molecule has 3 rings (SSSR count). The fourth-order valence-electron chi connectivity index (χ4n) is 2.69. The van der Waals surface area contributed by atoms with Crippen LogP contribution in [0.15, 0.2) is 42.5 Å². The van der Waals surface area contributed by atoms with Crippen molar-refractivity contribution in [3.63, 3.8) is 0 Å². The summed E-state index contributed by atoms with van der Waals surface area (Å²) in [5.41, 5.74) is 0.523. The van der Waals surface area contributed by atoms with E-state index in [9.17, 15) is 18.4 Å². The summed E-state index contributed by atoms with van der Waals surface area (Å²) in [4.78, 5) is 23.9. The van der Waals surface area contributed by atoms with Crippen molar-refractivity contribution in [2.45, 2.75) is 18.9 Å². The topological polar surface area (TPSA) is 79.5 Å². The zero-order chi connectivity index (χ0) is 19.2. The summed E-state index contributed by atoms with van der Waals surface area (Å²) in [6, 6.07) is 8.58. The van der Waals surface area contributed by atoms with Gasteiger partial charge in [0.25, 0.3) is 5.91 Å². The molecule has 1 heterocycles. The molecule has 142 valence electrons. The molecule has 0 aromatic heterocycles. The Balaban J connectivity index is 1.52. The lowest BCUT2D eigenvalue weighted by Crippen LogP contribution is -2.35. The van der Waals surface area contributed by atoms with Crippen molar-refractivity contribution in [2.75, 3.05) is 23.8 Å². The Morgan fingerprint density at radius 3 is 2.41 bits per heavy atom. The van der Waals surface area contributed by atoms with E-state index in [1.807, 2.05) is 0 Å². The second-order valence-electron chi connectivity index (χ2n) is 6.13. The highest BCUT2D eigenvalue weighted by Crippen LogP contribution is 2.17. The van der Waals surface area contributed by atoms with Gasteiger partial charge in [-0.2, -0.15) is 0 Å². The smallest absolute Gasteiger partial charge is 0.319 e. The Labute approximate surface area is 154 Å². The fourth-order valence-corrected chi connectivity index (χ4v) is 2.69. The molecule has 0 radical (unpaired) electrons. The van der Waals surface area contributed by atoms with Gasteiger partial charge in [0, 0.05) is 24.5 Å². The van der Waals surface area contributed by atoms with E-state index >= 15 is 0 Å². The first kappa shape index (κ1) is 18.8. The highest BCUT2D eigenvalue weighted by atomic mass is 19.1. The van der Waals surface area contributed by atoms with Gasteiger partial charge in [-0.05, 0) is 55.3 Å². The number of carbonyl (C=O) groups excluding carboxylic acids is 2. The minimum Gasteiger partial charge on any atom is -0.376 e. The summed E-state index contributed by atoms with van der Waals surface area (Å²) in [6.45, 7) is 1.17. The molecule has 1 unspecified atom stereocenters. The van der Waals surface area contributed by atoms with Gasteiger partial charge in [0.15, 0.2) is 0 Å². The first-order valence-corrected chi connectivity index (χ1v) is 8.54. The van der Waals surface area contributed by atoms with Gasteiger partial charge in [0.2, 0.25) is 0 Å². The highest BCUT2D eigenvalue weighted by molar-refractivity contribution is 6.04. The molecule has 6 nitrogen and oxygen atoms in total. The van der Waals surface area contributed by atoms with Crippen LogP contribution in [-0.4, -0.2) is 31.2 Å². The first-order valence-electron chi connectivity index (χ1n) is 8.54. The molecule has 1 saturated heterocycles. The number of halogens is 2. The molecule has 2 aromatic rings. The van der Waals surface area contributed by atoms with E-state index in [0.717, 1.165) is 37.6 Å². The molecule has 27 heavy (non-hydrogen) atoms. The largest absolute Gasteiger partial charge is 0.376 e. The van der Waals surface area contributed by atoms with Gasteiger partial charge in [0.05, 0.1) is 11.7 Å². The van der Waals surface area contributed by atoms with Crippen LogP contribution >= 0.6 is 0 Å². The molecular formula is C19H19F2N3O3. The van der Waals surface area contributed by atoms with Crippen LogP contribution in [0.5, 0.6) is 0 Å². The van der Waals surface area contributed by atoms with Gasteiger partial charge in [0.1, 0.15) is 11.6 Å². The molecule has 0 bridgehead atoms. The molecule has 0 spiro atoms. The van der Waals surface area contributed by atoms with E-state index < -0.39 is 17.5 Å². The highest BCUT2D eigenvalue weighted by Gasteiger charge is 2.16. The molecule has 1 atom stereocenters. The van der Waals surface area contributed by atoms with Crippen LogP contribution in [0.25, 0.3) is 0 Å². The number of ether oxygens (including phenoxy) is 1. The number of rotatable bonds is 5. The van der Waals surface area contributed by atoms with E-state index in [1.165, 1.54) is 0 Å². The molecule has 1 aliphatic heterocycles. The minimum atomic E-state index is -0.810. The lowest BCUT2D eigenvalue weighted by molar-refractivity contribution is 0.102. The summed E-state index contributed by atoms with van der Waals surface area (Å²) >= 11 is 0. The maximum Gasteiger partial charge on any atom is 0.319 e. The summed E-state index contributed by atoms with van der Waals surface area (Å²) in [7, 11) is 0. The Morgan fingerprint density at radius 1 is 1.04 bits per heavy atom. The number of urea groups is 1. The molecule has 1 aliphatic rings. The van der Waals surface area contributed by atoms with Crippen molar-refractivity contribution < 1.29 is 23.1 Å². The third-order valence-electron chi connectivity index (χ3n) is 4.09. The third kappa shape index (κ3) is 5.24. The van der Waals surface area contributed by atoms with Crippen molar-refractivity contribution in [3.05, 3.63) is 59.7 Å². The summed E-state index contributed by atoms with van der Waals surface area (Å²) in [6.07, 6.45) is 1.98. The average Bonchev–Trinajstić information content (AvgIpc) is 3.17. The monoisotopic (exact) mass is 375 g/mol. The number of anilines is 2. The van der Waals surface area contributed by atoms with E-state index in [4.69, 9.17) is 4.74 Å². The van der Waals surface area contributed by atoms with Gasteiger partial charge in [-0.25, -0.2) is 13.6 Å². The number of benzene rings is 2. The van der Waals surface area contributed by atoms with Gasteiger partial charge in [-0.15, -0.1) is 0 Å². The van der Waals surface area contributed by atoms with Crippen LogP contribution in [0.1, 0.15) is 23.2 Å². The van der Waals surface area contributed by atoms with Crippen molar-refractivity contribution in [1.29, 1.82) is 0 Å². The van der Waals surface area contributed by atoms with E-state index in [1.54, 1.807) is 24.3 Å². The van der Waals surface area contributed by atoms with Crippen molar-refractivity contribution in [1.82, 2.24) is 5.32 Å². The van der Waals surface area contributed by atoms with Crippen LogP contribution in [0, 0.1) is 11.6 Å². The standard InChI is InChI=1S/C19H19F2N3O3/c20-12-3-8-17(21)16(10-12)18(25)23-13-4-6-14(7-5-13)24-19(26)22-11-15-2-1-9-27-15/h3-8,10,15H,1-2,9,11H2,(H,23,25)(H2,22,24,26). The van der Waals surface area contributed by atoms with E-state index in [0.29, 0.717) is 17.9 Å². The van der Waals surface area contributed by atoms with E-state index in [2.05, 4.69) is 16.0 Å². The minimum absolute atomic E-state index is 0.0524. The van der Waals surface area contributed by atoms with Gasteiger partial charge >= 0.3 is 6.03 Å². The maximum absolute atomic E-state index is 13.6. The van der Waals surface area contributed by atoms with Gasteiger partial charge in [-0.3, -0.25) is 4.79 Å². The molecule has 3 amide bonds. The Kier molecular flexibility index (Phi) is 5.97. The zero-order valence-corrected chi connectivity index (χ0v) is 14.4. The normalized spacial score (nSPS) is 16.0. The van der Waals surface area contributed by atoms with E-state index in [-0.39, 0.29) is 17.7 Å². The van der Waals surface area contributed by atoms with Crippen LogP contribution in [0.4, 0.5) is 25.0 Å². The van der Waals surface area contributed by atoms with Crippen molar-refractivity contribution in [3.8, 4) is 0 Å². The number of nitrogens with one attached hydrogen (secondary N) is 3. The Morgan fingerprint density at radius 2 is 1.74 bits per heavy atom. The first-order chi connectivity index (χ1) is 13.0. The number of hydrogen-bond acceptors (Lipinski definition) is 3. The molecule has 8 heteroatoms. The average molecular weight is 375 g/mol. The number of amides is 3. The molecular weight excluding hydrogens is 356 g/mol. The summed E-state index contributed by atoms with van der Waals surface area (Å²) < 4.78 is 32.2. The van der Waals surface area contributed by atoms with Crippen LogP contribution < -0.4 is 16.0 Å². The van der Waals surface area contributed by atoms with Crippen LogP contribution in [0.3, 0.4) is 0 Å². The Hall–Kier alpha value is -3.00. The quantitative estimate of drug-likeness (QED) is 0.748. The van der Waals surface area contributed by atoms with Crippen LogP contribution in [0.2, 0.25) is 0 Å². The van der Waals surface area contributed by atoms with Crippen molar-refractivity contribution >= 4 is 23.3 Å². The van der Waals surface area contributed by atoms with Gasteiger partial charge in [-0.1, -0.05) is 0 Å². The predicted octanol–water partition coefficient (Wildman–Crippen LogP) is 3.52. The number of carbonyl (C=O) groups is 2. The summed E-state index contributed by atoms with van der Waals surface area (Å²) in [5, 5.41) is 7.88. The second kappa shape index (κ2) is 8.59. The molecule has 0 aliphatic carbocycles. The third-order valence-corrected chi connectivity index (χ3v) is 4.09. The van der Waals surface area contributed by atoms with Crippen LogP contribution in [-0.2, 0) is 4.74 Å². The lowest BCUT2D eigenvalue weighted by atomic mass is 10.2. The lowest BCUT2D eigenvalue weighted by Gasteiger charge is -2.12. The summed E-state index contributed by atoms with van der Waals surface area (Å²) in [5.74, 6) is -2.27. The zero-order valence-electron chi connectivity index (χ0n) is 14.4. The number of hydrogen-bond donors (Lipinski definition) is 3. The van der Waals surface area contributed by atoms with Gasteiger partial charge < -0.3 is 20.7 Å². The molecule has 3 N–H and O–H groups in total. The SMILES string of the molecule is O=C(NCC1CCCO1)Nc1ccc(NC(=O)c2cc(F)ccc2F)cc1. The maximum atomic E-state index is 13.6. The molecule has 1 fully saturated rings. The predicted molar refractivity (Wildman–Crippen MR) is 96.7 cm³/mol. The molecule has 2 aromatic carbocycles.